The maximum Gasteiger partial charge on any atom is 0.0872 e. The average Bonchev–Trinajstić information content (AvgIpc) is 2.48. The van der Waals surface area contributed by atoms with E-state index < -0.39 is 0 Å². The summed E-state index contributed by atoms with van der Waals surface area (Å²) in [6, 6.07) is 7.14. The minimum absolute atomic E-state index is 0.0318. The molecule has 1 fully saturated rings. The molecule has 0 bridgehead atoms. The van der Waals surface area contributed by atoms with Crippen molar-refractivity contribution in [1.29, 1.82) is 0 Å². The van der Waals surface area contributed by atoms with Crippen molar-refractivity contribution in [3.05, 3.63) is 34.9 Å². The first-order valence-electron chi connectivity index (χ1n) is 7.98. The van der Waals surface area contributed by atoms with Crippen molar-refractivity contribution in [3.8, 4) is 0 Å². The number of likely N-dealkylation sites (N-methyl/N-ethyl adjacent to an activating group) is 1. The van der Waals surface area contributed by atoms with Gasteiger partial charge in [-0.3, -0.25) is 0 Å². The molecule has 0 amide bonds. The average molecular weight is 275 g/mol. The molecular weight excluding hydrogens is 246 g/mol. The van der Waals surface area contributed by atoms with Crippen LogP contribution in [0.1, 0.15) is 61.8 Å². The zero-order chi connectivity index (χ0) is 14.6. The largest absolute Gasteiger partial charge is 0.376 e. The van der Waals surface area contributed by atoms with Crippen LogP contribution in [0.25, 0.3) is 0 Å². The van der Waals surface area contributed by atoms with Gasteiger partial charge in [-0.05, 0) is 49.9 Å². The third kappa shape index (κ3) is 3.07. The Labute approximate surface area is 123 Å². The minimum atomic E-state index is -0.0318. The van der Waals surface area contributed by atoms with Gasteiger partial charge in [0.05, 0.1) is 11.6 Å². The molecule has 1 unspecified atom stereocenters. The zero-order valence-corrected chi connectivity index (χ0v) is 13.5. The van der Waals surface area contributed by atoms with E-state index in [1.807, 2.05) is 7.11 Å². The van der Waals surface area contributed by atoms with Crippen LogP contribution in [0.15, 0.2) is 18.2 Å². The molecule has 2 heteroatoms. The van der Waals surface area contributed by atoms with Crippen LogP contribution in [0.2, 0.25) is 0 Å². The Hall–Kier alpha value is -0.860. The second-order valence-corrected chi connectivity index (χ2v) is 6.16. The quantitative estimate of drug-likeness (QED) is 0.865. The van der Waals surface area contributed by atoms with Crippen LogP contribution >= 0.6 is 0 Å². The van der Waals surface area contributed by atoms with Crippen molar-refractivity contribution < 1.29 is 4.74 Å². The number of benzene rings is 1. The number of aryl methyl sites for hydroxylation is 2. The molecule has 1 aliphatic carbocycles. The van der Waals surface area contributed by atoms with E-state index in [0.29, 0.717) is 6.04 Å². The minimum Gasteiger partial charge on any atom is -0.376 e. The molecule has 0 heterocycles. The van der Waals surface area contributed by atoms with Crippen molar-refractivity contribution in [2.24, 2.45) is 0 Å². The molecule has 2 rings (SSSR count). The smallest absolute Gasteiger partial charge is 0.0872 e. The van der Waals surface area contributed by atoms with Gasteiger partial charge in [0.2, 0.25) is 0 Å². The molecule has 2 nitrogen and oxygen atoms in total. The highest BCUT2D eigenvalue weighted by atomic mass is 16.5. The standard InChI is InChI=1S/C18H29NO/c1-5-19-17(16-10-9-14(2)15(3)13-16)18(20-4)11-7-6-8-12-18/h9-10,13,17,19H,5-8,11-12H2,1-4H3. The van der Waals surface area contributed by atoms with E-state index in [4.69, 9.17) is 4.74 Å². The van der Waals surface area contributed by atoms with Crippen LogP contribution < -0.4 is 5.32 Å². The number of hydrogen-bond acceptors (Lipinski definition) is 2. The number of hydrogen-bond donors (Lipinski definition) is 1. The lowest BCUT2D eigenvalue weighted by molar-refractivity contribution is -0.0684. The second kappa shape index (κ2) is 6.73. The summed E-state index contributed by atoms with van der Waals surface area (Å²) in [4.78, 5) is 0. The van der Waals surface area contributed by atoms with E-state index in [2.05, 4.69) is 44.3 Å². The van der Waals surface area contributed by atoms with Gasteiger partial charge in [0.25, 0.3) is 0 Å². The van der Waals surface area contributed by atoms with Crippen molar-refractivity contribution in [3.63, 3.8) is 0 Å². The fraction of sp³-hybridized carbons (Fsp3) is 0.667. The Morgan fingerprint density at radius 3 is 2.40 bits per heavy atom. The van der Waals surface area contributed by atoms with E-state index in [9.17, 15) is 0 Å². The van der Waals surface area contributed by atoms with Crippen molar-refractivity contribution in [2.45, 2.75) is 64.5 Å². The van der Waals surface area contributed by atoms with E-state index in [1.54, 1.807) is 0 Å². The van der Waals surface area contributed by atoms with Crippen LogP contribution in [-0.4, -0.2) is 19.3 Å². The SMILES string of the molecule is CCNC(c1ccc(C)c(C)c1)C1(OC)CCCCC1. The summed E-state index contributed by atoms with van der Waals surface area (Å²) in [7, 11) is 1.89. The number of nitrogens with one attached hydrogen (secondary N) is 1. The molecule has 1 aromatic carbocycles. The van der Waals surface area contributed by atoms with Crippen LogP contribution in [0.3, 0.4) is 0 Å². The zero-order valence-electron chi connectivity index (χ0n) is 13.5. The van der Waals surface area contributed by atoms with Crippen LogP contribution in [0.4, 0.5) is 0 Å². The Kier molecular flexibility index (Phi) is 5.22. The third-order valence-electron chi connectivity index (χ3n) is 4.91. The van der Waals surface area contributed by atoms with Gasteiger partial charge >= 0.3 is 0 Å². The molecule has 1 saturated carbocycles. The van der Waals surface area contributed by atoms with Crippen molar-refractivity contribution in [1.82, 2.24) is 5.32 Å². The fourth-order valence-electron chi connectivity index (χ4n) is 3.52. The fourth-order valence-corrected chi connectivity index (χ4v) is 3.52. The topological polar surface area (TPSA) is 21.3 Å². The summed E-state index contributed by atoms with van der Waals surface area (Å²) in [5.41, 5.74) is 4.07. The van der Waals surface area contributed by atoms with Crippen LogP contribution in [0.5, 0.6) is 0 Å². The lowest BCUT2D eigenvalue weighted by Crippen LogP contribution is -2.47. The Morgan fingerprint density at radius 1 is 1.15 bits per heavy atom. The van der Waals surface area contributed by atoms with Gasteiger partial charge in [0.15, 0.2) is 0 Å². The summed E-state index contributed by atoms with van der Waals surface area (Å²) >= 11 is 0. The molecule has 0 aliphatic heterocycles. The summed E-state index contributed by atoms with van der Waals surface area (Å²) in [6.07, 6.45) is 6.22. The van der Waals surface area contributed by atoms with Gasteiger partial charge in [-0.1, -0.05) is 44.4 Å². The predicted molar refractivity (Wildman–Crippen MR) is 85.2 cm³/mol. The maximum atomic E-state index is 6.06. The molecule has 0 radical (unpaired) electrons. The molecule has 1 N–H and O–H groups in total. The van der Waals surface area contributed by atoms with Crippen LogP contribution in [0, 0.1) is 13.8 Å². The second-order valence-electron chi connectivity index (χ2n) is 6.16. The van der Waals surface area contributed by atoms with E-state index >= 15 is 0 Å². The number of methoxy groups -OCH3 is 1. The van der Waals surface area contributed by atoms with Crippen LogP contribution in [-0.2, 0) is 4.74 Å². The third-order valence-corrected chi connectivity index (χ3v) is 4.91. The lowest BCUT2D eigenvalue weighted by atomic mass is 9.76. The van der Waals surface area contributed by atoms with Crippen molar-refractivity contribution in [2.75, 3.05) is 13.7 Å². The highest BCUT2D eigenvalue weighted by molar-refractivity contribution is 5.33. The molecule has 20 heavy (non-hydrogen) atoms. The summed E-state index contributed by atoms with van der Waals surface area (Å²) in [6.45, 7) is 7.53. The molecule has 0 spiro atoms. The Morgan fingerprint density at radius 2 is 1.85 bits per heavy atom. The lowest BCUT2D eigenvalue weighted by Gasteiger charge is -2.43. The summed E-state index contributed by atoms with van der Waals surface area (Å²) in [5.74, 6) is 0. The molecule has 0 aromatic heterocycles. The number of rotatable bonds is 5. The molecule has 1 atom stereocenters. The van der Waals surface area contributed by atoms with Gasteiger partial charge in [0, 0.05) is 7.11 Å². The molecule has 1 aliphatic rings. The highest BCUT2D eigenvalue weighted by Crippen LogP contribution is 2.41. The maximum absolute atomic E-state index is 6.06. The normalized spacial score (nSPS) is 19.8. The predicted octanol–water partition coefficient (Wildman–Crippen LogP) is 4.30. The van der Waals surface area contributed by atoms with E-state index in [1.165, 1.54) is 36.0 Å². The first-order chi connectivity index (χ1) is 9.63. The van der Waals surface area contributed by atoms with Gasteiger partial charge in [-0.2, -0.15) is 0 Å². The molecule has 112 valence electrons. The highest BCUT2D eigenvalue weighted by Gasteiger charge is 2.40. The van der Waals surface area contributed by atoms with E-state index in [0.717, 1.165) is 19.4 Å². The summed E-state index contributed by atoms with van der Waals surface area (Å²) in [5, 5.41) is 3.68. The van der Waals surface area contributed by atoms with Gasteiger partial charge in [-0.25, -0.2) is 0 Å². The first kappa shape index (κ1) is 15.5. The number of ether oxygens (including phenoxy) is 1. The first-order valence-corrected chi connectivity index (χ1v) is 7.98. The van der Waals surface area contributed by atoms with Gasteiger partial charge in [-0.15, -0.1) is 0 Å². The molecular formula is C18H29NO. The Bertz CT molecular complexity index is 435. The van der Waals surface area contributed by atoms with E-state index in [-0.39, 0.29) is 5.60 Å². The monoisotopic (exact) mass is 275 g/mol. The Balaban J connectivity index is 2.35. The molecule has 1 aromatic rings. The van der Waals surface area contributed by atoms with Crippen molar-refractivity contribution >= 4 is 0 Å². The molecule has 0 saturated heterocycles. The van der Waals surface area contributed by atoms with Gasteiger partial charge in [0.1, 0.15) is 0 Å². The summed E-state index contributed by atoms with van der Waals surface area (Å²) < 4.78 is 6.06. The van der Waals surface area contributed by atoms with Gasteiger partial charge < -0.3 is 10.1 Å².